The van der Waals surface area contributed by atoms with Crippen LogP contribution in [-0.4, -0.2) is 22.8 Å². The molecule has 0 unspecified atom stereocenters. The molecule has 190 valence electrons. The zero-order chi connectivity index (χ0) is 26.4. The highest BCUT2D eigenvalue weighted by atomic mass is 79.9. The highest BCUT2D eigenvalue weighted by Gasteiger charge is 2.14. The zero-order valence-electron chi connectivity index (χ0n) is 20.8. The first-order valence-electron chi connectivity index (χ1n) is 11.7. The van der Waals surface area contributed by atoms with Gasteiger partial charge in [-0.1, -0.05) is 51.8 Å². The van der Waals surface area contributed by atoms with E-state index in [1.807, 2.05) is 85.3 Å². The Kier molecular flexibility index (Phi) is 8.69. The van der Waals surface area contributed by atoms with E-state index in [-0.39, 0.29) is 5.91 Å². The quantitative estimate of drug-likeness (QED) is 0.213. The van der Waals surface area contributed by atoms with E-state index in [9.17, 15) is 4.79 Å². The van der Waals surface area contributed by atoms with E-state index in [1.165, 1.54) is 6.08 Å². The van der Waals surface area contributed by atoms with Crippen LogP contribution in [0, 0.1) is 13.8 Å². The van der Waals surface area contributed by atoms with Crippen molar-refractivity contribution < 1.29 is 14.3 Å². The molecule has 0 saturated heterocycles. The van der Waals surface area contributed by atoms with Crippen molar-refractivity contribution in [1.82, 2.24) is 9.78 Å². The monoisotopic (exact) mass is 579 g/mol. The Labute approximate surface area is 230 Å². The van der Waals surface area contributed by atoms with Crippen molar-refractivity contribution in [3.63, 3.8) is 0 Å². The number of benzene rings is 3. The number of nitrogens with zero attached hydrogens (tertiary/aromatic N) is 2. The molecule has 4 aromatic rings. The maximum atomic E-state index is 12.7. The van der Waals surface area contributed by atoms with Crippen LogP contribution in [0.3, 0.4) is 0 Å². The molecule has 37 heavy (non-hydrogen) atoms. The Morgan fingerprint density at radius 3 is 2.57 bits per heavy atom. The molecule has 1 N–H and O–H groups in total. The van der Waals surface area contributed by atoms with Crippen LogP contribution in [0.15, 0.2) is 77.3 Å². The number of amides is 1. The number of methoxy groups -OCH3 is 1. The predicted molar refractivity (Wildman–Crippen MR) is 151 cm³/mol. The first kappa shape index (κ1) is 26.5. The van der Waals surface area contributed by atoms with Crippen molar-refractivity contribution in [3.8, 4) is 11.5 Å². The van der Waals surface area contributed by atoms with Gasteiger partial charge in [-0.15, -0.1) is 0 Å². The van der Waals surface area contributed by atoms with Gasteiger partial charge in [-0.3, -0.25) is 9.48 Å². The lowest BCUT2D eigenvalue weighted by Gasteiger charge is -2.11. The number of hydrogen-bond acceptors (Lipinski definition) is 4. The average molecular weight is 581 g/mol. The standard InChI is InChI=1S/C29H27BrClN3O3/c1-19-29(20(2)34(33-19)17-22-6-4-5-7-26(22)31)32-28(35)15-9-21-8-14-27(36-3)23(16-21)18-37-25-12-10-24(30)11-13-25/h4-16H,17-18H2,1-3H3,(H,32,35)/b15-9-. The molecule has 0 spiro atoms. The summed E-state index contributed by atoms with van der Waals surface area (Å²) in [6.07, 6.45) is 3.27. The normalized spacial score (nSPS) is 11.1. The number of carbonyl (C=O) groups is 1. The van der Waals surface area contributed by atoms with Crippen molar-refractivity contribution in [2.75, 3.05) is 12.4 Å². The van der Waals surface area contributed by atoms with E-state index >= 15 is 0 Å². The van der Waals surface area contributed by atoms with E-state index in [4.69, 9.17) is 21.1 Å². The van der Waals surface area contributed by atoms with Crippen LogP contribution in [0.4, 0.5) is 5.69 Å². The minimum Gasteiger partial charge on any atom is -0.496 e. The number of ether oxygens (including phenoxy) is 2. The van der Waals surface area contributed by atoms with E-state index in [0.717, 1.165) is 44.0 Å². The second-order valence-electron chi connectivity index (χ2n) is 8.43. The summed E-state index contributed by atoms with van der Waals surface area (Å²) in [7, 11) is 1.62. The third-order valence-electron chi connectivity index (χ3n) is 5.85. The number of anilines is 1. The molecule has 4 rings (SSSR count). The van der Waals surface area contributed by atoms with Crippen LogP contribution in [0.1, 0.15) is 28.1 Å². The second-order valence-corrected chi connectivity index (χ2v) is 9.75. The molecule has 8 heteroatoms. The fourth-order valence-corrected chi connectivity index (χ4v) is 4.32. The van der Waals surface area contributed by atoms with Gasteiger partial charge in [0.05, 0.1) is 30.7 Å². The number of rotatable bonds is 9. The Balaban J connectivity index is 1.43. The third-order valence-corrected chi connectivity index (χ3v) is 6.74. The first-order chi connectivity index (χ1) is 17.8. The van der Waals surface area contributed by atoms with Crippen LogP contribution in [0.25, 0.3) is 6.08 Å². The van der Waals surface area contributed by atoms with Gasteiger partial charge < -0.3 is 14.8 Å². The number of nitrogens with one attached hydrogen (secondary N) is 1. The molecule has 1 aromatic heterocycles. The van der Waals surface area contributed by atoms with Gasteiger partial charge in [-0.05, 0) is 73.5 Å². The average Bonchev–Trinajstić information content (AvgIpc) is 3.15. The molecule has 0 saturated carbocycles. The van der Waals surface area contributed by atoms with Crippen molar-refractivity contribution in [1.29, 1.82) is 0 Å². The lowest BCUT2D eigenvalue weighted by Crippen LogP contribution is -2.10. The van der Waals surface area contributed by atoms with Crippen LogP contribution < -0.4 is 14.8 Å². The fraction of sp³-hybridized carbons (Fsp3) is 0.172. The number of carbonyl (C=O) groups excluding carboxylic acids is 1. The summed E-state index contributed by atoms with van der Waals surface area (Å²) in [4.78, 5) is 12.7. The molecule has 0 aliphatic rings. The molecule has 6 nitrogen and oxygen atoms in total. The highest BCUT2D eigenvalue weighted by molar-refractivity contribution is 9.10. The minimum atomic E-state index is -0.244. The molecule has 1 heterocycles. The van der Waals surface area contributed by atoms with Crippen molar-refractivity contribution in [3.05, 3.63) is 110 Å². The van der Waals surface area contributed by atoms with E-state index in [1.54, 1.807) is 13.2 Å². The lowest BCUT2D eigenvalue weighted by molar-refractivity contribution is -0.111. The summed E-state index contributed by atoms with van der Waals surface area (Å²) in [6.45, 7) is 4.66. The maximum absolute atomic E-state index is 12.7. The molecule has 0 aliphatic carbocycles. The van der Waals surface area contributed by atoms with Gasteiger partial charge in [0.25, 0.3) is 0 Å². The van der Waals surface area contributed by atoms with Crippen LogP contribution in [-0.2, 0) is 17.9 Å². The summed E-state index contributed by atoms with van der Waals surface area (Å²) in [5.41, 5.74) is 4.99. The van der Waals surface area contributed by atoms with E-state index in [0.29, 0.717) is 23.9 Å². The van der Waals surface area contributed by atoms with E-state index < -0.39 is 0 Å². The van der Waals surface area contributed by atoms with Gasteiger partial charge in [-0.2, -0.15) is 5.10 Å². The largest absolute Gasteiger partial charge is 0.496 e. The number of hydrogen-bond donors (Lipinski definition) is 1. The molecule has 1 amide bonds. The zero-order valence-corrected chi connectivity index (χ0v) is 23.1. The molecule has 0 bridgehead atoms. The van der Waals surface area contributed by atoms with Gasteiger partial charge in [0.15, 0.2) is 0 Å². The summed E-state index contributed by atoms with van der Waals surface area (Å²) >= 11 is 9.73. The third kappa shape index (κ3) is 6.81. The van der Waals surface area contributed by atoms with Gasteiger partial charge in [0.2, 0.25) is 5.91 Å². The van der Waals surface area contributed by atoms with E-state index in [2.05, 4.69) is 26.3 Å². The summed E-state index contributed by atoms with van der Waals surface area (Å²) in [5, 5.41) is 8.24. The highest BCUT2D eigenvalue weighted by Crippen LogP contribution is 2.25. The minimum absolute atomic E-state index is 0.244. The number of aromatic nitrogens is 2. The Bertz CT molecular complexity index is 1430. The molecule has 0 radical (unpaired) electrons. The lowest BCUT2D eigenvalue weighted by atomic mass is 10.1. The predicted octanol–water partition coefficient (Wildman–Crippen LogP) is 7.20. The summed E-state index contributed by atoms with van der Waals surface area (Å²) in [6, 6.07) is 21.0. The van der Waals surface area contributed by atoms with Crippen molar-refractivity contribution in [2.45, 2.75) is 27.0 Å². The van der Waals surface area contributed by atoms with Crippen LogP contribution in [0.5, 0.6) is 11.5 Å². The molecular weight excluding hydrogens is 554 g/mol. The Morgan fingerprint density at radius 1 is 1.08 bits per heavy atom. The smallest absolute Gasteiger partial charge is 0.248 e. The molecule has 3 aromatic carbocycles. The van der Waals surface area contributed by atoms with Gasteiger partial charge in [0, 0.05) is 21.1 Å². The summed E-state index contributed by atoms with van der Waals surface area (Å²) < 4.78 is 14.2. The van der Waals surface area contributed by atoms with Crippen molar-refractivity contribution >= 4 is 45.2 Å². The fourth-order valence-electron chi connectivity index (χ4n) is 3.86. The molecular formula is C29H27BrClN3O3. The number of aryl methyl sites for hydroxylation is 1. The molecule has 0 fully saturated rings. The maximum Gasteiger partial charge on any atom is 0.248 e. The first-order valence-corrected chi connectivity index (χ1v) is 12.8. The van der Waals surface area contributed by atoms with Crippen LogP contribution >= 0.6 is 27.5 Å². The molecule has 0 aliphatic heterocycles. The van der Waals surface area contributed by atoms with Gasteiger partial charge in [0.1, 0.15) is 18.1 Å². The van der Waals surface area contributed by atoms with Crippen LogP contribution in [0.2, 0.25) is 5.02 Å². The Hall–Kier alpha value is -3.55. The topological polar surface area (TPSA) is 65.4 Å². The van der Waals surface area contributed by atoms with Gasteiger partial charge >= 0.3 is 0 Å². The SMILES string of the molecule is COc1ccc(/C=C\C(=O)Nc2c(C)nn(Cc3ccccc3Cl)c2C)cc1COc1ccc(Br)cc1. The second kappa shape index (κ2) is 12.1. The molecule has 0 atom stereocenters. The van der Waals surface area contributed by atoms with Gasteiger partial charge in [-0.25, -0.2) is 0 Å². The van der Waals surface area contributed by atoms with Crippen molar-refractivity contribution in [2.24, 2.45) is 0 Å². The number of halogens is 2. The Morgan fingerprint density at radius 2 is 1.84 bits per heavy atom. The summed E-state index contributed by atoms with van der Waals surface area (Å²) in [5.74, 6) is 1.23.